The summed E-state index contributed by atoms with van der Waals surface area (Å²) in [5, 5.41) is 30.2. The normalized spacial score (nSPS) is 26.9. The summed E-state index contributed by atoms with van der Waals surface area (Å²) in [6.07, 6.45) is 5.64. The Morgan fingerprint density at radius 3 is 2.48 bits per heavy atom. The number of aliphatic hydroxyl groups excluding tert-OH is 1. The third-order valence-corrected chi connectivity index (χ3v) is 10.5. The van der Waals surface area contributed by atoms with Gasteiger partial charge in [-0.2, -0.15) is 0 Å². The number of nitrogens with one attached hydrogen (secondary N) is 1. The van der Waals surface area contributed by atoms with Gasteiger partial charge in [0.15, 0.2) is 17.3 Å². The average Bonchev–Trinajstić information content (AvgIpc) is 3.69. The number of Topliss-reactive ketones (excluding diaryl/α,β-unsaturated/α-hetero) is 2. The van der Waals surface area contributed by atoms with Gasteiger partial charge in [-0.25, -0.2) is 4.79 Å². The lowest BCUT2D eigenvalue weighted by atomic mass is 9.52. The second kappa shape index (κ2) is 12.5. The fourth-order valence-corrected chi connectivity index (χ4v) is 8.14. The molecule has 6 rings (SSSR count). The molecular formula is C35H45N3O8. The van der Waals surface area contributed by atoms with Gasteiger partial charge in [0, 0.05) is 17.5 Å². The largest absolute Gasteiger partial charge is 0.507 e. The molecule has 3 N–H and O–H groups in total. The number of nitrogens with zero attached hydrogens (tertiary/aromatic N) is 2. The summed E-state index contributed by atoms with van der Waals surface area (Å²) in [6.45, 7) is 7.27. The summed E-state index contributed by atoms with van der Waals surface area (Å²) in [5.41, 5.74) is 0.330. The van der Waals surface area contributed by atoms with Crippen LogP contribution in [0.1, 0.15) is 121 Å². The third kappa shape index (κ3) is 4.94. The van der Waals surface area contributed by atoms with Crippen molar-refractivity contribution < 1.29 is 38.6 Å². The quantitative estimate of drug-likeness (QED) is 0.206. The molecule has 1 aromatic heterocycles. The molecule has 46 heavy (non-hydrogen) atoms. The molecule has 0 radical (unpaired) electrons. The molecule has 4 aliphatic rings. The maximum Gasteiger partial charge on any atom is 0.336 e. The predicted molar refractivity (Wildman–Crippen MR) is 169 cm³/mol. The van der Waals surface area contributed by atoms with Crippen molar-refractivity contribution in [2.75, 3.05) is 33.9 Å². The van der Waals surface area contributed by atoms with Crippen molar-refractivity contribution in [2.45, 2.75) is 84.2 Å². The fourth-order valence-electron chi connectivity index (χ4n) is 8.14. The van der Waals surface area contributed by atoms with Gasteiger partial charge in [0.2, 0.25) is 0 Å². The highest BCUT2D eigenvalue weighted by atomic mass is 16.5. The molecular weight excluding hydrogens is 590 g/mol. The molecule has 1 aliphatic heterocycles. The van der Waals surface area contributed by atoms with E-state index in [0.717, 1.165) is 45.1 Å². The maximum atomic E-state index is 14.8. The van der Waals surface area contributed by atoms with Crippen molar-refractivity contribution in [3.8, 4) is 11.6 Å². The van der Waals surface area contributed by atoms with Crippen LogP contribution in [-0.2, 0) is 11.2 Å². The Bertz CT molecular complexity index is 1590. The Hall–Kier alpha value is -3.70. The highest BCUT2D eigenvalue weighted by Gasteiger charge is 2.63. The van der Waals surface area contributed by atoms with Crippen LogP contribution >= 0.6 is 0 Å². The Balaban J connectivity index is 1.52. The van der Waals surface area contributed by atoms with Crippen LogP contribution in [0.5, 0.6) is 11.6 Å². The molecule has 248 valence electrons. The second-order valence-corrected chi connectivity index (χ2v) is 13.6. The van der Waals surface area contributed by atoms with E-state index in [9.17, 15) is 24.6 Å². The number of allylic oxidation sites excluding steroid dienone is 1. The minimum atomic E-state index is -1.53. The van der Waals surface area contributed by atoms with Crippen LogP contribution in [0.25, 0.3) is 5.76 Å². The Morgan fingerprint density at radius 2 is 1.85 bits per heavy atom. The first kappa shape index (κ1) is 32.2. The van der Waals surface area contributed by atoms with Crippen LogP contribution in [0.3, 0.4) is 0 Å². The molecule has 2 fully saturated rings. The van der Waals surface area contributed by atoms with Crippen molar-refractivity contribution in [1.82, 2.24) is 15.4 Å². The number of aliphatic hydroxyl groups is 1. The number of unbranched alkanes of at least 4 members (excludes halogenated alkanes) is 2. The predicted octanol–water partition coefficient (Wildman–Crippen LogP) is 5.69. The van der Waals surface area contributed by atoms with Crippen LogP contribution in [0.2, 0.25) is 0 Å². The van der Waals surface area contributed by atoms with Crippen molar-refractivity contribution in [1.29, 1.82) is 0 Å². The number of aromatic carboxylic acids is 1. The fraction of sp³-hybridized carbons (Fsp3) is 0.600. The first-order valence-corrected chi connectivity index (χ1v) is 16.7. The number of ether oxygens (including phenoxy) is 2. The number of carboxylic acid groups (broad SMARTS) is 1. The topological polar surface area (TPSA) is 151 Å². The van der Waals surface area contributed by atoms with E-state index in [1.807, 2.05) is 32.8 Å². The van der Waals surface area contributed by atoms with Gasteiger partial charge in [0.05, 0.1) is 35.8 Å². The van der Waals surface area contributed by atoms with Gasteiger partial charge in [0.1, 0.15) is 17.1 Å². The molecule has 0 spiro atoms. The highest BCUT2D eigenvalue weighted by molar-refractivity contribution is 6.24. The summed E-state index contributed by atoms with van der Waals surface area (Å²) >= 11 is 0. The van der Waals surface area contributed by atoms with Crippen LogP contribution in [0, 0.1) is 17.3 Å². The van der Waals surface area contributed by atoms with Gasteiger partial charge in [0.25, 0.3) is 5.88 Å². The maximum absolute atomic E-state index is 14.8. The number of rotatable bonds is 11. The van der Waals surface area contributed by atoms with E-state index in [1.54, 1.807) is 13.0 Å². The molecule has 1 aromatic carbocycles. The highest BCUT2D eigenvalue weighted by Crippen LogP contribution is 2.59. The SMILES string of the molecule is CCCCOc1cc(C2CCCN2)c(C(=O)O)c2c1C(O)=C1C(=O)[C@]3(C)C(=O)c4c(OCCCC)noc4[C@@H](N(C)C)[C@@H]3C[C@@H]1C2. The van der Waals surface area contributed by atoms with Gasteiger partial charge < -0.3 is 29.5 Å². The number of aromatic nitrogens is 1. The number of carbonyl (C=O) groups is 3. The van der Waals surface area contributed by atoms with E-state index < -0.39 is 40.8 Å². The molecule has 1 unspecified atom stereocenters. The number of benzene rings is 1. The lowest BCUT2D eigenvalue weighted by Crippen LogP contribution is -2.56. The monoisotopic (exact) mass is 635 g/mol. The molecule has 3 aliphatic carbocycles. The molecule has 2 aromatic rings. The zero-order valence-electron chi connectivity index (χ0n) is 27.4. The van der Waals surface area contributed by atoms with Crippen molar-refractivity contribution >= 4 is 23.3 Å². The van der Waals surface area contributed by atoms with E-state index in [0.29, 0.717) is 42.3 Å². The van der Waals surface area contributed by atoms with Crippen LogP contribution in [-0.4, -0.2) is 71.7 Å². The van der Waals surface area contributed by atoms with E-state index in [-0.39, 0.29) is 46.4 Å². The van der Waals surface area contributed by atoms with Gasteiger partial charge in [-0.15, -0.1) is 0 Å². The molecule has 0 amide bonds. The molecule has 1 saturated carbocycles. The van der Waals surface area contributed by atoms with E-state index in [4.69, 9.17) is 14.0 Å². The average molecular weight is 636 g/mol. The minimum Gasteiger partial charge on any atom is -0.507 e. The standard InChI is InChI=1S/C35H45N3O8/c1-6-8-13-44-23-17-19(22-11-10-12-36-22)25(34(42)43)20-15-18-16-21-28(38(4)5)30-27(33(37-46-30)45-14-9-7-2)32(41)35(21,3)31(40)24(18)29(39)26(20)23/h17-18,21-22,28,36,39H,6-16H2,1-5H3,(H,42,43)/t18-,21-,22?,28-,35+/m0/s1. The zero-order valence-corrected chi connectivity index (χ0v) is 27.4. The lowest BCUT2D eigenvalue weighted by molar-refractivity contribution is -0.130. The second-order valence-electron chi connectivity index (χ2n) is 13.6. The number of hydrogen-bond donors (Lipinski definition) is 3. The summed E-state index contributed by atoms with van der Waals surface area (Å²) in [5.74, 6) is -2.45. The van der Waals surface area contributed by atoms with Crippen LogP contribution in [0.15, 0.2) is 16.2 Å². The van der Waals surface area contributed by atoms with Gasteiger partial charge >= 0.3 is 5.97 Å². The summed E-state index contributed by atoms with van der Waals surface area (Å²) in [7, 11) is 3.75. The number of ketones is 2. The Labute approximate surface area is 269 Å². The van der Waals surface area contributed by atoms with Crippen molar-refractivity contribution in [2.24, 2.45) is 17.3 Å². The van der Waals surface area contributed by atoms with E-state index in [2.05, 4.69) is 10.5 Å². The molecule has 0 bridgehead atoms. The Morgan fingerprint density at radius 1 is 1.13 bits per heavy atom. The molecule has 2 heterocycles. The minimum absolute atomic E-state index is 0.0906. The van der Waals surface area contributed by atoms with Crippen LogP contribution < -0.4 is 14.8 Å². The Kier molecular flexibility index (Phi) is 8.75. The summed E-state index contributed by atoms with van der Waals surface area (Å²) in [4.78, 5) is 44.1. The molecule has 11 nitrogen and oxygen atoms in total. The van der Waals surface area contributed by atoms with Gasteiger partial charge in [-0.1, -0.05) is 26.7 Å². The summed E-state index contributed by atoms with van der Waals surface area (Å²) in [6, 6.07) is 1.11. The van der Waals surface area contributed by atoms with Crippen LogP contribution in [0.4, 0.5) is 0 Å². The first-order valence-electron chi connectivity index (χ1n) is 16.7. The van der Waals surface area contributed by atoms with Gasteiger partial charge in [-0.3, -0.25) is 14.5 Å². The smallest absolute Gasteiger partial charge is 0.336 e. The van der Waals surface area contributed by atoms with Gasteiger partial charge in [-0.05, 0) is 94.4 Å². The van der Waals surface area contributed by atoms with Crippen molar-refractivity contribution in [3.05, 3.63) is 45.2 Å². The zero-order chi connectivity index (χ0) is 32.9. The molecule has 1 saturated heterocycles. The number of carboxylic acids is 1. The first-order chi connectivity index (χ1) is 22.1. The number of carbonyl (C=O) groups excluding carboxylic acids is 2. The lowest BCUT2D eigenvalue weighted by Gasteiger charge is -2.50. The van der Waals surface area contributed by atoms with Crippen molar-refractivity contribution in [3.63, 3.8) is 0 Å². The molecule has 11 heteroatoms. The summed E-state index contributed by atoms with van der Waals surface area (Å²) < 4.78 is 17.9. The van der Waals surface area contributed by atoms with E-state index >= 15 is 0 Å². The van der Waals surface area contributed by atoms with E-state index in [1.165, 1.54) is 0 Å². The molecule has 5 atom stereocenters. The number of fused-ring (bicyclic) bond motifs is 4. The third-order valence-electron chi connectivity index (χ3n) is 10.5. The number of hydrogen-bond acceptors (Lipinski definition) is 10.